The lowest BCUT2D eigenvalue weighted by atomic mass is 9.96. The first-order valence-electron chi connectivity index (χ1n) is 13.1. The van der Waals surface area contributed by atoms with Gasteiger partial charge in [0.25, 0.3) is 11.8 Å². The molecule has 0 bridgehead atoms. The molecule has 0 radical (unpaired) electrons. The lowest BCUT2D eigenvalue weighted by Crippen LogP contribution is -2.62. The van der Waals surface area contributed by atoms with Gasteiger partial charge in [0.05, 0.1) is 17.5 Å². The van der Waals surface area contributed by atoms with Gasteiger partial charge in [-0.15, -0.1) is 0 Å². The summed E-state index contributed by atoms with van der Waals surface area (Å²) in [5.41, 5.74) is 7.47. The number of piperidine rings is 1. The molecule has 0 aromatic carbocycles. The molecule has 2 aliphatic rings. The molecule has 2 fully saturated rings. The van der Waals surface area contributed by atoms with Crippen molar-refractivity contribution in [2.75, 3.05) is 43.4 Å². The van der Waals surface area contributed by atoms with Crippen molar-refractivity contribution in [3.05, 3.63) is 40.4 Å². The van der Waals surface area contributed by atoms with Crippen LogP contribution < -0.4 is 16.0 Å². The van der Waals surface area contributed by atoms with E-state index in [1.165, 1.54) is 0 Å². The van der Waals surface area contributed by atoms with Gasteiger partial charge in [0, 0.05) is 50.8 Å². The highest BCUT2D eigenvalue weighted by Gasteiger charge is 2.38. The lowest BCUT2D eigenvalue weighted by Gasteiger charge is -2.50. The molecule has 2 aromatic heterocycles. The molecule has 0 saturated carbocycles. The average Bonchev–Trinajstić information content (AvgIpc) is 2.88. The number of hydrogen-bond acceptors (Lipinski definition) is 8. The van der Waals surface area contributed by atoms with Gasteiger partial charge in [-0.1, -0.05) is 18.5 Å². The third-order valence-electron chi connectivity index (χ3n) is 7.46. The molecule has 37 heavy (non-hydrogen) atoms. The van der Waals surface area contributed by atoms with Gasteiger partial charge in [-0.25, -0.2) is 15.0 Å². The van der Waals surface area contributed by atoms with Crippen LogP contribution in [0.25, 0.3) is 0 Å². The Morgan fingerprint density at radius 3 is 2.51 bits per heavy atom. The minimum absolute atomic E-state index is 0.0875. The van der Waals surface area contributed by atoms with Gasteiger partial charge in [0.15, 0.2) is 0 Å². The summed E-state index contributed by atoms with van der Waals surface area (Å²) in [6.07, 6.45) is 4.41. The van der Waals surface area contributed by atoms with Crippen LogP contribution in [0, 0.1) is 6.92 Å². The average molecular weight is 529 g/mol. The zero-order valence-corrected chi connectivity index (χ0v) is 22.8. The van der Waals surface area contributed by atoms with Gasteiger partial charge in [0.1, 0.15) is 22.5 Å². The number of halogens is 1. The van der Waals surface area contributed by atoms with E-state index in [0.717, 1.165) is 43.9 Å². The van der Waals surface area contributed by atoms with Crippen LogP contribution in [-0.2, 0) is 0 Å². The fraction of sp³-hybridized carbons (Fsp3) is 0.577. The maximum absolute atomic E-state index is 13.0. The highest BCUT2D eigenvalue weighted by molar-refractivity contribution is 6.29. The standard InChI is InChI=1S/C26H37ClN8O2/c1-5-18-15-34(24-17(4)31-21(13-30-24)25(36)29-6-2)16(3)14-35(18)19-9-11-33(12-10-19)26(37)20-7-8-22(27)32-23(20)28/h7-8,13,16,18-19H,5-6,9-12,14-15H2,1-4H3,(H2,28,32)(H,29,36)/t16-,18+/m1/s1. The Hall–Kier alpha value is -2.98. The minimum atomic E-state index is -0.200. The Morgan fingerprint density at radius 2 is 1.89 bits per heavy atom. The van der Waals surface area contributed by atoms with Gasteiger partial charge in [0.2, 0.25) is 0 Å². The summed E-state index contributed by atoms with van der Waals surface area (Å²) in [7, 11) is 0. The summed E-state index contributed by atoms with van der Waals surface area (Å²) in [6.45, 7) is 11.9. The zero-order valence-electron chi connectivity index (χ0n) is 22.1. The third-order valence-corrected chi connectivity index (χ3v) is 7.67. The molecule has 2 saturated heterocycles. The SMILES string of the molecule is CCNC(=O)c1cnc(N2C[C@H](CC)N(C3CCN(C(=O)c4ccc(Cl)nc4N)CC3)C[C@H]2C)c(C)n1. The first kappa shape index (κ1) is 27.1. The molecule has 0 spiro atoms. The van der Waals surface area contributed by atoms with Crippen LogP contribution in [-0.4, -0.2) is 87.4 Å². The quantitative estimate of drug-likeness (QED) is 0.549. The van der Waals surface area contributed by atoms with E-state index in [-0.39, 0.29) is 28.8 Å². The first-order chi connectivity index (χ1) is 17.7. The summed E-state index contributed by atoms with van der Waals surface area (Å²) in [5.74, 6) is 0.727. The number of nitrogens with zero attached hydrogens (tertiary/aromatic N) is 6. The Balaban J connectivity index is 1.41. The molecule has 3 N–H and O–H groups in total. The topological polar surface area (TPSA) is 121 Å². The van der Waals surface area contributed by atoms with Crippen LogP contribution in [0.2, 0.25) is 5.15 Å². The summed E-state index contributed by atoms with van der Waals surface area (Å²) in [6, 6.07) is 4.27. The van der Waals surface area contributed by atoms with E-state index in [2.05, 4.69) is 43.9 Å². The van der Waals surface area contributed by atoms with E-state index in [9.17, 15) is 9.59 Å². The van der Waals surface area contributed by atoms with Gasteiger partial charge in [-0.05, 0) is 52.2 Å². The van der Waals surface area contributed by atoms with Crippen molar-refractivity contribution >= 4 is 35.1 Å². The monoisotopic (exact) mass is 528 g/mol. The smallest absolute Gasteiger partial charge is 0.271 e. The minimum Gasteiger partial charge on any atom is -0.383 e. The summed E-state index contributed by atoms with van der Waals surface area (Å²) in [5, 5.41) is 3.06. The number of hydrogen-bond donors (Lipinski definition) is 2. The molecule has 10 nitrogen and oxygen atoms in total. The van der Waals surface area contributed by atoms with Crippen molar-refractivity contribution in [3.63, 3.8) is 0 Å². The highest BCUT2D eigenvalue weighted by atomic mass is 35.5. The third kappa shape index (κ3) is 5.80. The van der Waals surface area contributed by atoms with Gasteiger partial charge >= 0.3 is 0 Å². The van der Waals surface area contributed by atoms with Crippen LogP contribution in [0.1, 0.15) is 66.6 Å². The normalized spacial score (nSPS) is 21.2. The Bertz CT molecular complexity index is 1140. The molecule has 4 rings (SSSR count). The van der Waals surface area contributed by atoms with Crippen LogP contribution in [0.15, 0.2) is 18.3 Å². The molecule has 2 aromatic rings. The number of aryl methyl sites for hydroxylation is 1. The second-order valence-electron chi connectivity index (χ2n) is 9.87. The Morgan fingerprint density at radius 1 is 1.16 bits per heavy atom. The van der Waals surface area contributed by atoms with Crippen LogP contribution in [0.4, 0.5) is 11.6 Å². The Labute approximate surface area is 223 Å². The van der Waals surface area contributed by atoms with Crippen molar-refractivity contribution in [1.82, 2.24) is 30.1 Å². The molecule has 0 aliphatic carbocycles. The molecule has 2 atom stereocenters. The van der Waals surface area contributed by atoms with Crippen LogP contribution in [0.5, 0.6) is 0 Å². The van der Waals surface area contributed by atoms with Crippen LogP contribution >= 0.6 is 11.6 Å². The second-order valence-corrected chi connectivity index (χ2v) is 10.3. The summed E-state index contributed by atoms with van der Waals surface area (Å²) in [4.78, 5) is 45.2. The number of carbonyl (C=O) groups is 2. The molecular formula is C26H37ClN8O2. The number of nitrogens with one attached hydrogen (secondary N) is 1. The molecule has 11 heteroatoms. The van der Waals surface area contributed by atoms with E-state index >= 15 is 0 Å². The summed E-state index contributed by atoms with van der Waals surface area (Å²) >= 11 is 5.89. The van der Waals surface area contributed by atoms with E-state index < -0.39 is 0 Å². The fourth-order valence-electron chi connectivity index (χ4n) is 5.49. The fourth-order valence-corrected chi connectivity index (χ4v) is 5.64. The number of rotatable bonds is 6. The van der Waals surface area contributed by atoms with Crippen molar-refractivity contribution in [1.29, 1.82) is 0 Å². The number of carbonyl (C=O) groups excluding carboxylic acids is 2. The maximum atomic E-state index is 13.0. The number of amides is 2. The molecule has 0 unspecified atom stereocenters. The number of nitrogens with two attached hydrogens (primary N) is 1. The van der Waals surface area contributed by atoms with Crippen molar-refractivity contribution < 1.29 is 9.59 Å². The molecule has 2 amide bonds. The van der Waals surface area contributed by atoms with Crippen molar-refractivity contribution in [3.8, 4) is 0 Å². The van der Waals surface area contributed by atoms with E-state index in [1.807, 2.05) is 18.7 Å². The second kappa shape index (κ2) is 11.6. The van der Waals surface area contributed by atoms with Gasteiger partial charge in [-0.2, -0.15) is 0 Å². The lowest BCUT2D eigenvalue weighted by molar-refractivity contribution is 0.0435. The number of anilines is 2. The molecule has 2 aliphatic heterocycles. The van der Waals surface area contributed by atoms with E-state index in [1.54, 1.807) is 18.3 Å². The van der Waals surface area contributed by atoms with E-state index in [0.29, 0.717) is 43.0 Å². The summed E-state index contributed by atoms with van der Waals surface area (Å²) < 4.78 is 0. The largest absolute Gasteiger partial charge is 0.383 e. The van der Waals surface area contributed by atoms with Gasteiger partial charge < -0.3 is 20.9 Å². The first-order valence-corrected chi connectivity index (χ1v) is 13.5. The maximum Gasteiger partial charge on any atom is 0.271 e. The van der Waals surface area contributed by atoms with Crippen molar-refractivity contribution in [2.45, 2.75) is 65.1 Å². The number of pyridine rings is 1. The predicted molar refractivity (Wildman–Crippen MR) is 145 cm³/mol. The molecule has 200 valence electrons. The van der Waals surface area contributed by atoms with Gasteiger partial charge in [-0.3, -0.25) is 14.5 Å². The Kier molecular flexibility index (Phi) is 8.49. The number of likely N-dealkylation sites (tertiary alicyclic amines) is 1. The van der Waals surface area contributed by atoms with Crippen LogP contribution in [0.3, 0.4) is 0 Å². The van der Waals surface area contributed by atoms with Crippen molar-refractivity contribution in [2.24, 2.45) is 0 Å². The number of piperazine rings is 1. The number of nitrogen functional groups attached to an aromatic ring is 1. The molecular weight excluding hydrogens is 492 g/mol. The number of aromatic nitrogens is 3. The van der Waals surface area contributed by atoms with E-state index in [4.69, 9.17) is 17.3 Å². The predicted octanol–water partition coefficient (Wildman–Crippen LogP) is 2.76. The highest BCUT2D eigenvalue weighted by Crippen LogP contribution is 2.30. The zero-order chi connectivity index (χ0) is 26.7. The molecule has 4 heterocycles.